The fourth-order valence-corrected chi connectivity index (χ4v) is 2.61. The van der Waals surface area contributed by atoms with E-state index in [0.29, 0.717) is 30.2 Å². The molecule has 0 aliphatic carbocycles. The Hall–Kier alpha value is -3.21. The molecule has 3 aromatic rings. The summed E-state index contributed by atoms with van der Waals surface area (Å²) in [4.78, 5) is 18.7. The number of carbonyl (C=O) groups is 1. The maximum absolute atomic E-state index is 13.7. The second kappa shape index (κ2) is 8.25. The van der Waals surface area contributed by atoms with Crippen LogP contribution in [0.2, 0.25) is 0 Å². The van der Waals surface area contributed by atoms with Crippen LogP contribution in [0, 0.1) is 5.82 Å². The topological polar surface area (TPSA) is 45.2 Å². The normalized spacial score (nSPS) is 10.4. The van der Waals surface area contributed by atoms with Crippen molar-refractivity contribution >= 4 is 17.3 Å². The van der Waals surface area contributed by atoms with Crippen LogP contribution in [0.25, 0.3) is 0 Å². The van der Waals surface area contributed by atoms with E-state index < -0.39 is 0 Å². The quantitative estimate of drug-likeness (QED) is 0.706. The third-order valence-corrected chi connectivity index (χ3v) is 4.02. The van der Waals surface area contributed by atoms with Gasteiger partial charge in [-0.3, -0.25) is 4.79 Å². The molecule has 0 aliphatic heterocycles. The number of rotatable bonds is 6. The van der Waals surface area contributed by atoms with Gasteiger partial charge in [0.2, 0.25) is 0 Å². The summed E-state index contributed by atoms with van der Waals surface area (Å²) in [6.45, 7) is 3.06. The number of aromatic nitrogens is 1. The lowest BCUT2D eigenvalue weighted by atomic mass is 10.2. The van der Waals surface area contributed by atoms with Crippen molar-refractivity contribution in [3.8, 4) is 0 Å². The van der Waals surface area contributed by atoms with E-state index in [-0.39, 0.29) is 11.7 Å². The highest BCUT2D eigenvalue weighted by Crippen LogP contribution is 2.19. The molecule has 0 aliphatic rings. The number of halogens is 1. The summed E-state index contributed by atoms with van der Waals surface area (Å²) >= 11 is 0. The number of carbonyl (C=O) groups excluding carboxylic acids is 1. The van der Waals surface area contributed by atoms with E-state index in [1.54, 1.807) is 35.2 Å². The minimum atomic E-state index is -0.340. The summed E-state index contributed by atoms with van der Waals surface area (Å²) in [7, 11) is 0. The first-order valence-corrected chi connectivity index (χ1v) is 8.48. The first-order valence-electron chi connectivity index (χ1n) is 8.48. The molecular weight excluding hydrogens is 329 g/mol. The Balaban J connectivity index is 1.70. The van der Waals surface area contributed by atoms with E-state index in [0.717, 1.165) is 5.56 Å². The van der Waals surface area contributed by atoms with Crippen molar-refractivity contribution in [3.63, 3.8) is 0 Å². The van der Waals surface area contributed by atoms with Crippen LogP contribution in [-0.4, -0.2) is 22.3 Å². The van der Waals surface area contributed by atoms with Crippen molar-refractivity contribution in [1.29, 1.82) is 0 Å². The lowest BCUT2D eigenvalue weighted by Crippen LogP contribution is -2.30. The average Bonchev–Trinajstić information content (AvgIpc) is 2.69. The molecule has 0 atom stereocenters. The molecule has 1 amide bonds. The van der Waals surface area contributed by atoms with Crippen LogP contribution in [0.4, 0.5) is 15.8 Å². The highest BCUT2D eigenvalue weighted by molar-refractivity contribution is 5.92. The molecule has 5 heteroatoms. The Morgan fingerprint density at radius 3 is 2.42 bits per heavy atom. The van der Waals surface area contributed by atoms with Gasteiger partial charge in [-0.2, -0.15) is 0 Å². The maximum atomic E-state index is 13.7. The molecular formula is C21H20FN3O. The first kappa shape index (κ1) is 17.6. The van der Waals surface area contributed by atoms with Crippen molar-refractivity contribution in [2.45, 2.75) is 13.5 Å². The van der Waals surface area contributed by atoms with Crippen molar-refractivity contribution in [2.75, 3.05) is 11.9 Å². The van der Waals surface area contributed by atoms with Crippen LogP contribution in [0.1, 0.15) is 23.0 Å². The Kier molecular flexibility index (Phi) is 5.59. The molecule has 0 radical (unpaired) electrons. The van der Waals surface area contributed by atoms with Gasteiger partial charge in [-0.05, 0) is 36.8 Å². The lowest BCUT2D eigenvalue weighted by Gasteiger charge is -2.20. The van der Waals surface area contributed by atoms with Crippen LogP contribution >= 0.6 is 0 Å². The number of nitrogens with one attached hydrogen (secondary N) is 1. The Morgan fingerprint density at radius 1 is 1.04 bits per heavy atom. The summed E-state index contributed by atoms with van der Waals surface area (Å²) in [6, 6.07) is 19.6. The number of hydrogen-bond donors (Lipinski definition) is 1. The molecule has 26 heavy (non-hydrogen) atoms. The van der Waals surface area contributed by atoms with E-state index in [4.69, 9.17) is 0 Å². The fourth-order valence-electron chi connectivity index (χ4n) is 2.61. The molecule has 0 saturated heterocycles. The fraction of sp³-hybridized carbons (Fsp3) is 0.143. The number of benzene rings is 2. The number of amides is 1. The molecule has 4 nitrogen and oxygen atoms in total. The highest BCUT2D eigenvalue weighted by atomic mass is 19.1. The molecule has 1 N–H and O–H groups in total. The zero-order chi connectivity index (χ0) is 18.4. The van der Waals surface area contributed by atoms with Crippen LogP contribution in [0.3, 0.4) is 0 Å². The number of hydrogen-bond acceptors (Lipinski definition) is 3. The monoisotopic (exact) mass is 349 g/mol. The van der Waals surface area contributed by atoms with Crippen LogP contribution in [-0.2, 0) is 6.54 Å². The van der Waals surface area contributed by atoms with E-state index in [1.165, 1.54) is 12.3 Å². The van der Waals surface area contributed by atoms with Gasteiger partial charge >= 0.3 is 0 Å². The van der Waals surface area contributed by atoms with Gasteiger partial charge in [0, 0.05) is 13.1 Å². The third-order valence-electron chi connectivity index (χ3n) is 4.02. The highest BCUT2D eigenvalue weighted by Gasteiger charge is 2.16. The summed E-state index contributed by atoms with van der Waals surface area (Å²) in [5.41, 5.74) is 2.42. The molecule has 2 aromatic carbocycles. The summed E-state index contributed by atoms with van der Waals surface area (Å²) < 4.78 is 13.7. The number of nitrogens with zero attached hydrogens (tertiary/aromatic N) is 2. The smallest absolute Gasteiger partial charge is 0.272 e. The van der Waals surface area contributed by atoms with Gasteiger partial charge in [0.15, 0.2) is 0 Å². The van der Waals surface area contributed by atoms with Crippen LogP contribution in [0.5, 0.6) is 0 Å². The van der Waals surface area contributed by atoms with Gasteiger partial charge in [0.25, 0.3) is 5.91 Å². The Morgan fingerprint density at radius 2 is 1.77 bits per heavy atom. The molecule has 3 rings (SSSR count). The van der Waals surface area contributed by atoms with E-state index in [9.17, 15) is 9.18 Å². The minimum Gasteiger partial charge on any atom is -0.352 e. The molecule has 1 aromatic heterocycles. The predicted octanol–water partition coefficient (Wildman–Crippen LogP) is 4.63. The molecule has 132 valence electrons. The first-order chi connectivity index (χ1) is 12.7. The largest absolute Gasteiger partial charge is 0.352 e. The summed E-state index contributed by atoms with van der Waals surface area (Å²) in [5.74, 6) is -0.471. The molecule has 1 heterocycles. The Labute approximate surface area is 152 Å². The summed E-state index contributed by atoms with van der Waals surface area (Å²) in [5, 5.41) is 2.96. The van der Waals surface area contributed by atoms with Crippen molar-refractivity contribution < 1.29 is 9.18 Å². The number of anilines is 2. The number of pyridine rings is 1. The van der Waals surface area contributed by atoms with Crippen molar-refractivity contribution in [2.24, 2.45) is 0 Å². The minimum absolute atomic E-state index is 0.131. The van der Waals surface area contributed by atoms with Gasteiger partial charge in [-0.25, -0.2) is 9.37 Å². The zero-order valence-corrected chi connectivity index (χ0v) is 14.5. The van der Waals surface area contributed by atoms with E-state index in [1.807, 2.05) is 37.3 Å². The van der Waals surface area contributed by atoms with Crippen molar-refractivity contribution in [3.05, 3.63) is 90.0 Å². The van der Waals surface area contributed by atoms with Crippen LogP contribution < -0.4 is 5.32 Å². The predicted molar refractivity (Wildman–Crippen MR) is 101 cm³/mol. The zero-order valence-electron chi connectivity index (χ0n) is 14.5. The van der Waals surface area contributed by atoms with E-state index in [2.05, 4.69) is 10.3 Å². The van der Waals surface area contributed by atoms with Crippen molar-refractivity contribution in [1.82, 2.24) is 9.88 Å². The molecule has 0 spiro atoms. The lowest BCUT2D eigenvalue weighted by molar-refractivity contribution is 0.0746. The number of para-hydroxylation sites is 1. The standard InChI is InChI=1S/C21H20FN3O/c1-2-25(15-16-8-4-3-5-9-16)21(26)20-13-12-17(14-23-20)24-19-11-7-6-10-18(19)22/h3-14,24H,2,15H2,1H3. The maximum Gasteiger partial charge on any atom is 0.272 e. The molecule has 0 fully saturated rings. The Bertz CT molecular complexity index is 866. The van der Waals surface area contributed by atoms with Gasteiger partial charge in [0.05, 0.1) is 17.6 Å². The molecule has 0 bridgehead atoms. The summed E-state index contributed by atoms with van der Waals surface area (Å²) in [6.07, 6.45) is 1.54. The van der Waals surface area contributed by atoms with E-state index >= 15 is 0 Å². The van der Waals surface area contributed by atoms with Gasteiger partial charge < -0.3 is 10.2 Å². The SMILES string of the molecule is CCN(Cc1ccccc1)C(=O)c1ccc(Nc2ccccc2F)cn1. The van der Waals surface area contributed by atoms with Gasteiger partial charge in [0.1, 0.15) is 11.5 Å². The second-order valence-corrected chi connectivity index (χ2v) is 5.84. The molecule has 0 unspecified atom stereocenters. The average molecular weight is 349 g/mol. The third kappa shape index (κ3) is 4.25. The van der Waals surface area contributed by atoms with Gasteiger partial charge in [-0.15, -0.1) is 0 Å². The second-order valence-electron chi connectivity index (χ2n) is 5.84. The molecule has 0 saturated carbocycles. The van der Waals surface area contributed by atoms with Gasteiger partial charge in [-0.1, -0.05) is 42.5 Å². The van der Waals surface area contributed by atoms with Crippen LogP contribution in [0.15, 0.2) is 72.9 Å².